The van der Waals surface area contributed by atoms with Crippen LogP contribution in [0.4, 0.5) is 0 Å². The molecule has 0 radical (unpaired) electrons. The van der Waals surface area contributed by atoms with Crippen molar-refractivity contribution in [3.63, 3.8) is 0 Å². The SMILES string of the molecule is CC(CC(OC(O)/C=C(\N)CN)C(CN)NC(=N)C(O)CN)OC1CCC(CNCCN)CCC1N. The third-order valence-electron chi connectivity index (χ3n) is 6.48. The third kappa shape index (κ3) is 12.2. The molecule has 0 aromatic heterocycles. The molecule has 1 aliphatic rings. The standard InChI is InChI=1S/C23H51N9O4/c1-14(35-20-5-3-15(2-4-17(20)29)13-31-7-6-24)8-21(36-22(34)9-16(28)10-25)18(11-26)32-23(30)19(33)12-27/h9,14-15,17-22,31,33-34H,2-8,10-13,24-29H2,1H3,(H2,30,32)/b16-9-. The Morgan fingerprint density at radius 3 is 2.42 bits per heavy atom. The Kier molecular flexibility index (Phi) is 16.3. The first-order chi connectivity index (χ1) is 17.1. The highest BCUT2D eigenvalue weighted by Gasteiger charge is 2.31. The van der Waals surface area contributed by atoms with Gasteiger partial charge in [-0.05, 0) is 51.1 Å². The lowest BCUT2D eigenvalue weighted by atomic mass is 10.0. The summed E-state index contributed by atoms with van der Waals surface area (Å²) in [6.07, 6.45) is 1.83. The number of aliphatic hydroxyl groups is 2. The van der Waals surface area contributed by atoms with Crippen molar-refractivity contribution in [3.05, 3.63) is 11.8 Å². The molecular weight excluding hydrogens is 466 g/mol. The number of amidine groups is 1. The zero-order valence-corrected chi connectivity index (χ0v) is 21.6. The average Bonchev–Trinajstić information content (AvgIpc) is 3.02. The lowest BCUT2D eigenvalue weighted by Gasteiger charge is -2.33. The fourth-order valence-electron chi connectivity index (χ4n) is 4.34. The fourth-order valence-corrected chi connectivity index (χ4v) is 4.34. The second kappa shape index (κ2) is 18.0. The summed E-state index contributed by atoms with van der Waals surface area (Å²) in [5, 5.41) is 34.6. The smallest absolute Gasteiger partial charge is 0.176 e. The summed E-state index contributed by atoms with van der Waals surface area (Å²) in [6.45, 7) is 4.27. The number of nitrogens with one attached hydrogen (secondary N) is 3. The molecule has 0 saturated heterocycles. The van der Waals surface area contributed by atoms with Gasteiger partial charge in [0, 0.05) is 50.9 Å². The molecule has 1 aliphatic carbocycles. The van der Waals surface area contributed by atoms with Crippen molar-refractivity contribution in [1.82, 2.24) is 10.6 Å². The van der Waals surface area contributed by atoms with E-state index in [1.165, 1.54) is 6.08 Å². The molecule has 1 rings (SSSR count). The molecule has 0 aliphatic heterocycles. The molecule has 0 amide bonds. The number of hydrogen-bond donors (Lipinski definition) is 11. The van der Waals surface area contributed by atoms with Crippen molar-refractivity contribution in [2.24, 2.45) is 40.3 Å². The number of rotatable bonds is 17. The van der Waals surface area contributed by atoms with Gasteiger partial charge in [0.2, 0.25) is 0 Å². The first kappa shape index (κ1) is 32.6. The molecule has 1 fully saturated rings. The molecule has 0 heterocycles. The topological polar surface area (TPSA) is 263 Å². The van der Waals surface area contributed by atoms with E-state index in [0.29, 0.717) is 18.9 Å². The van der Waals surface area contributed by atoms with Gasteiger partial charge in [-0.1, -0.05) is 0 Å². The van der Waals surface area contributed by atoms with Crippen molar-refractivity contribution in [2.75, 3.05) is 39.3 Å². The van der Waals surface area contributed by atoms with E-state index in [-0.39, 0.29) is 49.4 Å². The van der Waals surface area contributed by atoms with E-state index in [1.807, 2.05) is 6.92 Å². The van der Waals surface area contributed by atoms with Gasteiger partial charge in [-0.15, -0.1) is 0 Å². The Morgan fingerprint density at radius 1 is 1.11 bits per heavy atom. The van der Waals surface area contributed by atoms with Crippen LogP contribution in [0.1, 0.15) is 39.0 Å². The van der Waals surface area contributed by atoms with Crippen molar-refractivity contribution < 1.29 is 19.7 Å². The maximum absolute atomic E-state index is 10.4. The Bertz CT molecular complexity index is 643. The van der Waals surface area contributed by atoms with Gasteiger partial charge in [0.1, 0.15) is 11.9 Å². The zero-order valence-electron chi connectivity index (χ0n) is 21.6. The third-order valence-corrected chi connectivity index (χ3v) is 6.48. The Balaban J connectivity index is 2.86. The van der Waals surface area contributed by atoms with E-state index in [4.69, 9.17) is 49.3 Å². The van der Waals surface area contributed by atoms with Crippen LogP contribution in [-0.2, 0) is 9.47 Å². The lowest BCUT2D eigenvalue weighted by molar-refractivity contribution is -0.133. The fraction of sp³-hybridized carbons (Fsp3) is 0.870. The molecule has 1 saturated carbocycles. The van der Waals surface area contributed by atoms with Crippen LogP contribution in [0, 0.1) is 11.3 Å². The molecule has 13 heteroatoms. The highest BCUT2D eigenvalue weighted by Crippen LogP contribution is 2.26. The first-order valence-corrected chi connectivity index (χ1v) is 12.9. The van der Waals surface area contributed by atoms with Crippen molar-refractivity contribution in [3.8, 4) is 0 Å². The van der Waals surface area contributed by atoms with Crippen LogP contribution < -0.4 is 45.0 Å². The Labute approximate surface area is 215 Å². The molecule has 8 unspecified atom stereocenters. The Hall–Kier alpha value is -1.39. The summed E-state index contributed by atoms with van der Waals surface area (Å²) in [4.78, 5) is 0. The number of aliphatic hydroxyl groups excluding tert-OH is 2. The molecule has 36 heavy (non-hydrogen) atoms. The average molecular weight is 518 g/mol. The van der Waals surface area contributed by atoms with E-state index < -0.39 is 24.5 Å². The van der Waals surface area contributed by atoms with Crippen molar-refractivity contribution in [2.45, 2.75) is 81.8 Å². The van der Waals surface area contributed by atoms with Gasteiger partial charge in [-0.25, -0.2) is 0 Å². The van der Waals surface area contributed by atoms with Gasteiger partial charge in [0.05, 0.1) is 24.4 Å². The maximum Gasteiger partial charge on any atom is 0.176 e. The summed E-state index contributed by atoms with van der Waals surface area (Å²) in [7, 11) is 0. The number of nitrogens with two attached hydrogens (primary N) is 6. The van der Waals surface area contributed by atoms with Gasteiger partial charge >= 0.3 is 0 Å². The van der Waals surface area contributed by atoms with Gasteiger partial charge in [0.25, 0.3) is 0 Å². The predicted molar refractivity (Wildman–Crippen MR) is 142 cm³/mol. The van der Waals surface area contributed by atoms with Crippen LogP contribution in [0.2, 0.25) is 0 Å². The quantitative estimate of drug-likeness (QED) is 0.0302. The molecule has 0 aromatic carbocycles. The molecule has 0 bridgehead atoms. The van der Waals surface area contributed by atoms with E-state index in [2.05, 4.69) is 10.6 Å². The van der Waals surface area contributed by atoms with Crippen LogP contribution in [-0.4, -0.2) is 98.1 Å². The van der Waals surface area contributed by atoms with Crippen LogP contribution >= 0.6 is 0 Å². The second-order valence-electron chi connectivity index (χ2n) is 9.56. The van der Waals surface area contributed by atoms with Gasteiger partial charge < -0.3 is 64.7 Å². The van der Waals surface area contributed by atoms with Gasteiger partial charge in [0.15, 0.2) is 6.29 Å². The minimum Gasteiger partial charge on any atom is -0.401 e. The minimum atomic E-state index is -1.34. The molecule has 212 valence electrons. The minimum absolute atomic E-state index is 0.0683. The molecule has 0 spiro atoms. The molecule has 13 nitrogen and oxygen atoms in total. The molecular formula is C23H51N9O4. The molecule has 17 N–H and O–H groups in total. The summed E-state index contributed by atoms with van der Waals surface area (Å²) >= 11 is 0. The maximum atomic E-state index is 10.4. The summed E-state index contributed by atoms with van der Waals surface area (Å²) in [5.41, 5.74) is 35.0. The molecule has 8 atom stereocenters. The van der Waals surface area contributed by atoms with Crippen molar-refractivity contribution >= 4 is 5.84 Å². The number of ether oxygens (including phenoxy) is 2. The normalized spacial score (nSPS) is 25.4. The number of hydrogen-bond acceptors (Lipinski definition) is 12. The highest BCUT2D eigenvalue weighted by molar-refractivity contribution is 5.83. The van der Waals surface area contributed by atoms with E-state index >= 15 is 0 Å². The lowest BCUT2D eigenvalue weighted by Crippen LogP contribution is -2.54. The van der Waals surface area contributed by atoms with Gasteiger partial charge in [-0.3, -0.25) is 5.41 Å². The van der Waals surface area contributed by atoms with Crippen LogP contribution in [0.25, 0.3) is 0 Å². The van der Waals surface area contributed by atoms with Crippen LogP contribution in [0.3, 0.4) is 0 Å². The largest absolute Gasteiger partial charge is 0.401 e. The second-order valence-corrected chi connectivity index (χ2v) is 9.56. The summed E-state index contributed by atoms with van der Waals surface area (Å²) in [6, 6.07) is -0.687. The Morgan fingerprint density at radius 2 is 1.81 bits per heavy atom. The van der Waals surface area contributed by atoms with E-state index in [1.54, 1.807) is 0 Å². The van der Waals surface area contributed by atoms with E-state index in [9.17, 15) is 10.2 Å². The van der Waals surface area contributed by atoms with Crippen LogP contribution in [0.5, 0.6) is 0 Å². The summed E-state index contributed by atoms with van der Waals surface area (Å²) < 4.78 is 12.2. The van der Waals surface area contributed by atoms with Gasteiger partial charge in [-0.2, -0.15) is 0 Å². The highest BCUT2D eigenvalue weighted by atomic mass is 16.6. The first-order valence-electron chi connectivity index (χ1n) is 12.9. The monoisotopic (exact) mass is 517 g/mol. The van der Waals surface area contributed by atoms with E-state index in [0.717, 1.165) is 38.8 Å². The summed E-state index contributed by atoms with van der Waals surface area (Å²) in [5.74, 6) is 0.352. The zero-order chi connectivity index (χ0) is 27.1. The predicted octanol–water partition coefficient (Wildman–Crippen LogP) is -3.07. The molecule has 0 aromatic rings. The van der Waals surface area contributed by atoms with Crippen LogP contribution in [0.15, 0.2) is 11.8 Å². The van der Waals surface area contributed by atoms with Crippen molar-refractivity contribution in [1.29, 1.82) is 5.41 Å².